The SMILES string of the molecule is CCOc1ccc(C(O)=C2C(=O)C(=O)N(CCCO)C2c2ccc(OC)cc2)cc1. The molecule has 158 valence electrons. The van der Waals surface area contributed by atoms with Crippen LogP contribution in [0.3, 0.4) is 0 Å². The topological polar surface area (TPSA) is 96.3 Å². The van der Waals surface area contributed by atoms with Crippen LogP contribution in [0.1, 0.15) is 30.5 Å². The van der Waals surface area contributed by atoms with Gasteiger partial charge < -0.3 is 24.6 Å². The number of ether oxygens (including phenoxy) is 2. The number of benzene rings is 2. The molecule has 1 unspecified atom stereocenters. The molecule has 30 heavy (non-hydrogen) atoms. The van der Waals surface area contributed by atoms with Gasteiger partial charge in [-0.1, -0.05) is 12.1 Å². The number of methoxy groups -OCH3 is 1. The van der Waals surface area contributed by atoms with E-state index in [0.717, 1.165) is 0 Å². The summed E-state index contributed by atoms with van der Waals surface area (Å²) in [5, 5.41) is 20.2. The van der Waals surface area contributed by atoms with E-state index in [4.69, 9.17) is 9.47 Å². The average Bonchev–Trinajstić information content (AvgIpc) is 3.02. The fraction of sp³-hybridized carbons (Fsp3) is 0.304. The molecular formula is C23H25NO6. The molecule has 2 N–H and O–H groups in total. The molecule has 3 rings (SSSR count). The van der Waals surface area contributed by atoms with E-state index in [-0.39, 0.29) is 24.5 Å². The first kappa shape index (κ1) is 21.4. The second-order valence-corrected chi connectivity index (χ2v) is 6.80. The zero-order chi connectivity index (χ0) is 21.7. The Balaban J connectivity index is 2.08. The van der Waals surface area contributed by atoms with Crippen molar-refractivity contribution < 1.29 is 29.3 Å². The van der Waals surface area contributed by atoms with Crippen molar-refractivity contribution in [2.75, 3.05) is 26.9 Å². The van der Waals surface area contributed by atoms with Gasteiger partial charge in [-0.15, -0.1) is 0 Å². The Morgan fingerprint density at radius 2 is 1.67 bits per heavy atom. The minimum Gasteiger partial charge on any atom is -0.507 e. The summed E-state index contributed by atoms with van der Waals surface area (Å²) in [6, 6.07) is 12.9. The third kappa shape index (κ3) is 4.16. The Bertz CT molecular complexity index is 933. The van der Waals surface area contributed by atoms with Crippen LogP contribution in [0, 0.1) is 0 Å². The van der Waals surface area contributed by atoms with Crippen molar-refractivity contribution in [3.05, 3.63) is 65.2 Å². The Morgan fingerprint density at radius 1 is 1.03 bits per heavy atom. The van der Waals surface area contributed by atoms with Crippen LogP contribution in [0.2, 0.25) is 0 Å². The molecule has 7 nitrogen and oxygen atoms in total. The Labute approximate surface area is 175 Å². The number of likely N-dealkylation sites (tertiary alicyclic amines) is 1. The maximum Gasteiger partial charge on any atom is 0.295 e. The van der Waals surface area contributed by atoms with Crippen LogP contribution in [0.25, 0.3) is 5.76 Å². The molecule has 1 atom stereocenters. The highest BCUT2D eigenvalue weighted by Crippen LogP contribution is 2.40. The molecule has 0 saturated carbocycles. The summed E-state index contributed by atoms with van der Waals surface area (Å²) in [6.45, 7) is 2.46. The summed E-state index contributed by atoms with van der Waals surface area (Å²) in [6.07, 6.45) is 0.322. The second kappa shape index (κ2) is 9.45. The highest BCUT2D eigenvalue weighted by molar-refractivity contribution is 6.46. The molecule has 7 heteroatoms. The van der Waals surface area contributed by atoms with Crippen LogP contribution in [-0.4, -0.2) is 53.7 Å². The van der Waals surface area contributed by atoms with Crippen molar-refractivity contribution in [2.24, 2.45) is 0 Å². The summed E-state index contributed by atoms with van der Waals surface area (Å²) in [7, 11) is 1.55. The lowest BCUT2D eigenvalue weighted by Crippen LogP contribution is -2.31. The molecule has 0 aliphatic carbocycles. The van der Waals surface area contributed by atoms with E-state index in [1.54, 1.807) is 55.6 Å². The second-order valence-electron chi connectivity index (χ2n) is 6.80. The molecule has 1 saturated heterocycles. The van der Waals surface area contributed by atoms with Gasteiger partial charge in [-0.05, 0) is 55.3 Å². The maximum atomic E-state index is 12.8. The van der Waals surface area contributed by atoms with Gasteiger partial charge in [0.1, 0.15) is 17.3 Å². The van der Waals surface area contributed by atoms with Gasteiger partial charge in [-0.25, -0.2) is 0 Å². The van der Waals surface area contributed by atoms with Crippen molar-refractivity contribution >= 4 is 17.4 Å². The molecule has 2 aromatic rings. The first-order chi connectivity index (χ1) is 14.5. The molecule has 0 radical (unpaired) electrons. The third-order valence-corrected chi connectivity index (χ3v) is 4.97. The van der Waals surface area contributed by atoms with Gasteiger partial charge >= 0.3 is 0 Å². The number of amides is 1. The zero-order valence-corrected chi connectivity index (χ0v) is 17.0. The molecule has 1 heterocycles. The van der Waals surface area contributed by atoms with E-state index in [0.29, 0.717) is 35.7 Å². The van der Waals surface area contributed by atoms with E-state index in [2.05, 4.69) is 0 Å². The molecule has 0 aromatic heterocycles. The van der Waals surface area contributed by atoms with Crippen LogP contribution in [0.4, 0.5) is 0 Å². The van der Waals surface area contributed by atoms with Crippen LogP contribution in [-0.2, 0) is 9.59 Å². The van der Waals surface area contributed by atoms with Crippen molar-refractivity contribution in [3.8, 4) is 11.5 Å². The number of aliphatic hydroxyl groups excluding tert-OH is 2. The largest absolute Gasteiger partial charge is 0.507 e. The van der Waals surface area contributed by atoms with Gasteiger partial charge in [0.2, 0.25) is 0 Å². The summed E-state index contributed by atoms with van der Waals surface area (Å²) >= 11 is 0. The molecule has 2 aromatic carbocycles. The van der Waals surface area contributed by atoms with Gasteiger partial charge in [-0.2, -0.15) is 0 Å². The maximum absolute atomic E-state index is 12.8. The molecule has 1 amide bonds. The monoisotopic (exact) mass is 411 g/mol. The number of Topliss-reactive ketones (excluding diaryl/α,β-unsaturated/α-hetero) is 1. The van der Waals surface area contributed by atoms with E-state index in [1.165, 1.54) is 4.90 Å². The smallest absolute Gasteiger partial charge is 0.295 e. The summed E-state index contributed by atoms with van der Waals surface area (Å²) in [4.78, 5) is 26.9. The van der Waals surface area contributed by atoms with E-state index in [9.17, 15) is 19.8 Å². The average molecular weight is 411 g/mol. The fourth-order valence-electron chi connectivity index (χ4n) is 3.52. The first-order valence-corrected chi connectivity index (χ1v) is 9.78. The number of hydrogen-bond acceptors (Lipinski definition) is 6. The third-order valence-electron chi connectivity index (χ3n) is 4.97. The van der Waals surface area contributed by atoms with Crippen molar-refractivity contribution in [2.45, 2.75) is 19.4 Å². The number of aliphatic hydroxyl groups is 2. The van der Waals surface area contributed by atoms with Gasteiger partial charge in [0.25, 0.3) is 11.7 Å². The summed E-state index contributed by atoms with van der Waals surface area (Å²) in [5.74, 6) is -0.415. The Kier molecular flexibility index (Phi) is 6.74. The van der Waals surface area contributed by atoms with Crippen molar-refractivity contribution in [1.82, 2.24) is 4.90 Å². The van der Waals surface area contributed by atoms with Crippen LogP contribution in [0.15, 0.2) is 54.1 Å². The van der Waals surface area contributed by atoms with Gasteiger partial charge in [-0.3, -0.25) is 9.59 Å². The van der Waals surface area contributed by atoms with Gasteiger partial charge in [0.15, 0.2) is 0 Å². The standard InChI is InChI=1S/C23H25NO6/c1-3-30-18-11-7-16(8-12-18)21(26)19-20(15-5-9-17(29-2)10-6-15)24(13-4-14-25)23(28)22(19)27/h5-12,20,25-26H,3-4,13-14H2,1-2H3. The first-order valence-electron chi connectivity index (χ1n) is 9.78. The number of ketones is 1. The lowest BCUT2D eigenvalue weighted by atomic mass is 9.95. The van der Waals surface area contributed by atoms with Crippen molar-refractivity contribution in [1.29, 1.82) is 0 Å². The van der Waals surface area contributed by atoms with Crippen LogP contribution in [0.5, 0.6) is 11.5 Å². The number of hydrogen-bond donors (Lipinski definition) is 2. The van der Waals surface area contributed by atoms with E-state index < -0.39 is 17.7 Å². The van der Waals surface area contributed by atoms with Crippen LogP contribution >= 0.6 is 0 Å². The normalized spacial score (nSPS) is 18.0. The summed E-state index contributed by atoms with van der Waals surface area (Å²) in [5.41, 5.74) is 1.10. The quantitative estimate of drug-likeness (QED) is 0.394. The number of nitrogens with zero attached hydrogens (tertiary/aromatic N) is 1. The van der Waals surface area contributed by atoms with Crippen LogP contribution < -0.4 is 9.47 Å². The molecule has 0 spiro atoms. The van der Waals surface area contributed by atoms with Gasteiger partial charge in [0, 0.05) is 18.7 Å². The zero-order valence-electron chi connectivity index (χ0n) is 17.0. The van der Waals surface area contributed by atoms with E-state index in [1.807, 2.05) is 6.92 Å². The fourth-order valence-corrected chi connectivity index (χ4v) is 3.52. The van der Waals surface area contributed by atoms with Crippen molar-refractivity contribution in [3.63, 3.8) is 0 Å². The van der Waals surface area contributed by atoms with Gasteiger partial charge in [0.05, 0.1) is 25.3 Å². The predicted molar refractivity (Wildman–Crippen MR) is 111 cm³/mol. The van der Waals surface area contributed by atoms with E-state index >= 15 is 0 Å². The minimum absolute atomic E-state index is 0.0206. The highest BCUT2D eigenvalue weighted by Gasteiger charge is 2.45. The Morgan fingerprint density at radius 3 is 2.23 bits per heavy atom. The number of carbonyl (C=O) groups excluding carboxylic acids is 2. The number of rotatable bonds is 8. The number of carbonyl (C=O) groups is 2. The molecule has 1 fully saturated rings. The molecule has 1 aliphatic heterocycles. The predicted octanol–water partition coefficient (Wildman–Crippen LogP) is 2.90. The molecule has 1 aliphatic rings. The summed E-state index contributed by atoms with van der Waals surface area (Å²) < 4.78 is 10.6. The highest BCUT2D eigenvalue weighted by atomic mass is 16.5. The molecular weight excluding hydrogens is 386 g/mol. The minimum atomic E-state index is -0.756. The molecule has 0 bridgehead atoms. The lowest BCUT2D eigenvalue weighted by Gasteiger charge is -2.25. The lowest BCUT2D eigenvalue weighted by molar-refractivity contribution is -0.140. The Hall–Kier alpha value is -3.32.